The van der Waals surface area contributed by atoms with Gasteiger partial charge in [0.15, 0.2) is 0 Å². The number of fused-ring (bicyclic) bond motifs is 1. The number of aromatic nitrogens is 3. The van der Waals surface area contributed by atoms with Crippen LogP contribution in [0, 0.1) is 0 Å². The van der Waals surface area contributed by atoms with Gasteiger partial charge in [-0.3, -0.25) is 14.5 Å². The molecule has 2 aromatic heterocycles. The van der Waals surface area contributed by atoms with Gasteiger partial charge < -0.3 is 19.5 Å². The lowest BCUT2D eigenvalue weighted by molar-refractivity contribution is -0.130. The molecule has 3 heterocycles. The smallest absolute Gasteiger partial charge is 0.253 e. The number of anilines is 1. The van der Waals surface area contributed by atoms with Gasteiger partial charge in [-0.1, -0.05) is 6.07 Å². The van der Waals surface area contributed by atoms with E-state index in [1.54, 1.807) is 40.0 Å². The molecule has 32 heavy (non-hydrogen) atoms. The highest BCUT2D eigenvalue weighted by molar-refractivity contribution is 5.97. The predicted octanol–water partition coefficient (Wildman–Crippen LogP) is 3.15. The lowest BCUT2D eigenvalue weighted by atomic mass is 10.1. The Balaban J connectivity index is 1.35. The van der Waals surface area contributed by atoms with Gasteiger partial charge in [0.1, 0.15) is 36.3 Å². The highest BCUT2D eigenvalue weighted by atomic mass is 16.5. The van der Waals surface area contributed by atoms with Crippen molar-refractivity contribution in [3.63, 3.8) is 0 Å². The molecule has 1 saturated heterocycles. The summed E-state index contributed by atoms with van der Waals surface area (Å²) in [6.07, 6.45) is 3.35. The molecule has 0 aliphatic carbocycles. The molecule has 8 heteroatoms. The second-order valence-corrected chi connectivity index (χ2v) is 7.65. The number of nitrogens with zero attached hydrogens (tertiary/aromatic N) is 4. The Hall–Kier alpha value is -3.91. The van der Waals surface area contributed by atoms with E-state index in [0.29, 0.717) is 18.0 Å². The fraction of sp³-hybridized carbons (Fsp3) is 0.208. The van der Waals surface area contributed by atoms with Gasteiger partial charge >= 0.3 is 0 Å². The molecule has 1 N–H and O–H groups in total. The van der Waals surface area contributed by atoms with Crippen LogP contribution < -0.4 is 9.64 Å². The van der Waals surface area contributed by atoms with E-state index in [-0.39, 0.29) is 31.0 Å². The number of hydrogen-bond acceptors (Lipinski definition) is 6. The maximum Gasteiger partial charge on any atom is 0.253 e. The standard InChI is InChI=1S/C24H22N4O4/c1-27-12-10-21(26-27)19-8-9-22(24-20(19)3-2-11-25-24)32-14-18-13-28(23(30)15-31-18)16-4-6-17(29)7-5-16/h2-12,18,29H,13-15H2,1H3. The van der Waals surface area contributed by atoms with Gasteiger partial charge in [0.2, 0.25) is 0 Å². The summed E-state index contributed by atoms with van der Waals surface area (Å²) in [4.78, 5) is 18.5. The number of hydrogen-bond donors (Lipinski definition) is 1. The zero-order valence-electron chi connectivity index (χ0n) is 17.5. The monoisotopic (exact) mass is 430 g/mol. The molecule has 1 atom stereocenters. The van der Waals surface area contributed by atoms with Crippen LogP contribution in [0.3, 0.4) is 0 Å². The minimum Gasteiger partial charge on any atom is -0.508 e. The second kappa shape index (κ2) is 8.32. The molecule has 2 aromatic carbocycles. The topological polar surface area (TPSA) is 89.7 Å². The Labute approximate surface area is 184 Å². The van der Waals surface area contributed by atoms with Gasteiger partial charge in [-0.25, -0.2) is 0 Å². The van der Waals surface area contributed by atoms with Crippen LogP contribution in [0.15, 0.2) is 67.0 Å². The third-order valence-electron chi connectivity index (χ3n) is 5.44. The molecule has 1 unspecified atom stereocenters. The molecule has 8 nitrogen and oxygen atoms in total. The van der Waals surface area contributed by atoms with E-state index in [1.807, 2.05) is 43.6 Å². The van der Waals surface area contributed by atoms with Crippen LogP contribution in [0.1, 0.15) is 0 Å². The Kier molecular flexibility index (Phi) is 5.20. The molecule has 0 bridgehead atoms. The maximum atomic E-state index is 12.3. The second-order valence-electron chi connectivity index (χ2n) is 7.65. The molecular weight excluding hydrogens is 408 g/mol. The first-order valence-corrected chi connectivity index (χ1v) is 10.3. The number of benzene rings is 2. The van der Waals surface area contributed by atoms with Crippen LogP contribution in [-0.2, 0) is 16.6 Å². The number of phenolic OH excluding ortho intramolecular Hbond substituents is 1. The number of amides is 1. The number of phenols is 1. The molecule has 162 valence electrons. The Morgan fingerprint density at radius 1 is 1.16 bits per heavy atom. The van der Waals surface area contributed by atoms with E-state index in [9.17, 15) is 9.90 Å². The number of rotatable bonds is 5. The van der Waals surface area contributed by atoms with Crippen molar-refractivity contribution in [1.82, 2.24) is 14.8 Å². The predicted molar refractivity (Wildman–Crippen MR) is 120 cm³/mol. The largest absolute Gasteiger partial charge is 0.508 e. The summed E-state index contributed by atoms with van der Waals surface area (Å²) in [7, 11) is 1.89. The third-order valence-corrected chi connectivity index (χ3v) is 5.44. The quantitative estimate of drug-likeness (QED) is 0.523. The van der Waals surface area contributed by atoms with Crippen LogP contribution >= 0.6 is 0 Å². The number of morpholine rings is 1. The lowest BCUT2D eigenvalue weighted by Gasteiger charge is -2.32. The SMILES string of the molecule is Cn1ccc(-c2ccc(OCC3CN(c4ccc(O)cc4)C(=O)CO3)c3ncccc23)n1. The third kappa shape index (κ3) is 3.88. The normalized spacial score (nSPS) is 16.5. The van der Waals surface area contributed by atoms with Crippen LogP contribution in [-0.4, -0.2) is 51.6 Å². The number of carbonyl (C=O) groups excluding carboxylic acids is 1. The van der Waals surface area contributed by atoms with Gasteiger partial charge in [-0.05, 0) is 48.5 Å². The lowest BCUT2D eigenvalue weighted by Crippen LogP contribution is -2.48. The summed E-state index contributed by atoms with van der Waals surface area (Å²) in [5.74, 6) is 0.679. The molecule has 0 saturated carbocycles. The molecule has 1 aliphatic rings. The Morgan fingerprint density at radius 2 is 2.00 bits per heavy atom. The van der Waals surface area contributed by atoms with Gasteiger partial charge in [0.25, 0.3) is 5.91 Å². The van der Waals surface area contributed by atoms with Gasteiger partial charge in [0, 0.05) is 36.1 Å². The van der Waals surface area contributed by atoms with Crippen molar-refractivity contribution in [3.05, 3.63) is 67.0 Å². The summed E-state index contributed by atoms with van der Waals surface area (Å²) < 4.78 is 13.6. The van der Waals surface area contributed by atoms with Crippen molar-refractivity contribution in [1.29, 1.82) is 0 Å². The summed E-state index contributed by atoms with van der Waals surface area (Å²) in [5.41, 5.74) is 3.32. The van der Waals surface area contributed by atoms with E-state index in [2.05, 4.69) is 10.1 Å². The number of carbonyl (C=O) groups is 1. The van der Waals surface area contributed by atoms with E-state index in [0.717, 1.165) is 22.2 Å². The average Bonchev–Trinajstić information content (AvgIpc) is 3.25. The van der Waals surface area contributed by atoms with E-state index in [4.69, 9.17) is 9.47 Å². The Bertz CT molecular complexity index is 1270. The van der Waals surface area contributed by atoms with Crippen LogP contribution in [0.2, 0.25) is 0 Å². The van der Waals surface area contributed by atoms with Crippen LogP contribution in [0.4, 0.5) is 5.69 Å². The number of aryl methyl sites for hydroxylation is 1. The average molecular weight is 430 g/mol. The maximum absolute atomic E-state index is 12.3. The molecule has 5 rings (SSSR count). The summed E-state index contributed by atoms with van der Waals surface area (Å²) in [5, 5.41) is 15.0. The molecule has 1 aliphatic heterocycles. The fourth-order valence-corrected chi connectivity index (χ4v) is 3.84. The first-order valence-electron chi connectivity index (χ1n) is 10.3. The molecular formula is C24H22N4O4. The minimum atomic E-state index is -0.296. The zero-order valence-corrected chi connectivity index (χ0v) is 17.5. The first kappa shape index (κ1) is 20.0. The van der Waals surface area contributed by atoms with E-state index in [1.165, 1.54) is 0 Å². The summed E-state index contributed by atoms with van der Waals surface area (Å²) in [6, 6.07) is 16.3. The molecule has 4 aromatic rings. The number of ether oxygens (including phenoxy) is 2. The number of pyridine rings is 1. The van der Waals surface area contributed by atoms with Crippen LogP contribution in [0.25, 0.3) is 22.2 Å². The van der Waals surface area contributed by atoms with Crippen molar-refractivity contribution in [2.45, 2.75) is 6.10 Å². The highest BCUT2D eigenvalue weighted by Crippen LogP contribution is 2.32. The minimum absolute atomic E-state index is 0.0213. The van der Waals surface area contributed by atoms with Gasteiger partial charge in [-0.2, -0.15) is 5.10 Å². The Morgan fingerprint density at radius 3 is 2.78 bits per heavy atom. The van der Waals surface area contributed by atoms with Gasteiger partial charge in [-0.15, -0.1) is 0 Å². The number of aromatic hydroxyl groups is 1. The van der Waals surface area contributed by atoms with Crippen LogP contribution in [0.5, 0.6) is 11.5 Å². The first-order chi connectivity index (χ1) is 15.6. The van der Waals surface area contributed by atoms with Crippen molar-refractivity contribution in [3.8, 4) is 22.8 Å². The fourth-order valence-electron chi connectivity index (χ4n) is 3.84. The summed E-state index contributed by atoms with van der Waals surface area (Å²) >= 11 is 0. The van der Waals surface area contributed by atoms with Crippen molar-refractivity contribution < 1.29 is 19.4 Å². The van der Waals surface area contributed by atoms with Crippen molar-refractivity contribution in [2.75, 3.05) is 24.7 Å². The molecule has 0 spiro atoms. The molecule has 1 fully saturated rings. The zero-order chi connectivity index (χ0) is 22.1. The van der Waals surface area contributed by atoms with Gasteiger partial charge in [0.05, 0.1) is 12.2 Å². The van der Waals surface area contributed by atoms with Crippen molar-refractivity contribution >= 4 is 22.5 Å². The van der Waals surface area contributed by atoms with E-state index < -0.39 is 0 Å². The van der Waals surface area contributed by atoms with Crippen molar-refractivity contribution in [2.24, 2.45) is 7.05 Å². The summed E-state index contributed by atoms with van der Waals surface area (Å²) in [6.45, 7) is 0.615. The molecule has 1 amide bonds. The highest BCUT2D eigenvalue weighted by Gasteiger charge is 2.28. The van der Waals surface area contributed by atoms with E-state index >= 15 is 0 Å². The molecule has 0 radical (unpaired) electrons.